The van der Waals surface area contributed by atoms with Gasteiger partial charge < -0.3 is 14.8 Å². The van der Waals surface area contributed by atoms with Crippen molar-refractivity contribution in [1.82, 2.24) is 4.68 Å². The Kier molecular flexibility index (Phi) is 7.27. The number of aromatic nitrogens is 2. The van der Waals surface area contributed by atoms with Crippen LogP contribution in [-0.4, -0.2) is 29.8 Å². The Balaban J connectivity index is 1.78. The molecule has 1 aliphatic carbocycles. The number of rotatable bonds is 8. The number of hydrogen-bond donors (Lipinski definition) is 1. The molecule has 1 heterocycles. The van der Waals surface area contributed by atoms with Crippen LogP contribution in [0.1, 0.15) is 62.4 Å². The summed E-state index contributed by atoms with van der Waals surface area (Å²) < 4.78 is 14.8. The average Bonchev–Trinajstić information content (AvgIpc) is 3.18. The van der Waals surface area contributed by atoms with Crippen molar-refractivity contribution in [3.63, 3.8) is 0 Å². The van der Waals surface area contributed by atoms with Crippen LogP contribution in [0, 0.1) is 0 Å². The molecule has 3 rings (SSSR count). The molecule has 0 atom stereocenters. The fourth-order valence-electron chi connectivity index (χ4n) is 3.84. The number of benzene rings is 1. The average molecular weight is 400 g/mol. The quantitative estimate of drug-likeness (QED) is 0.544. The molecule has 1 aromatic heterocycles. The van der Waals surface area contributed by atoms with Gasteiger partial charge in [-0.3, -0.25) is 4.79 Å². The SMILES string of the molecule is CCOC(=O)c1cccc(OCC)c1NC(=O)C[n+]1cccn1C1CCCCC1. The predicted molar refractivity (Wildman–Crippen MR) is 109 cm³/mol. The Morgan fingerprint density at radius 2 is 1.93 bits per heavy atom. The monoisotopic (exact) mass is 400 g/mol. The number of ether oxygens (including phenoxy) is 2. The van der Waals surface area contributed by atoms with Gasteiger partial charge >= 0.3 is 5.97 Å². The smallest absolute Gasteiger partial charge is 0.340 e. The van der Waals surface area contributed by atoms with Crippen LogP contribution in [0.2, 0.25) is 0 Å². The summed E-state index contributed by atoms with van der Waals surface area (Å²) >= 11 is 0. The number of hydrogen-bond acceptors (Lipinski definition) is 4. The van der Waals surface area contributed by atoms with Gasteiger partial charge in [-0.1, -0.05) is 25.3 Å². The van der Waals surface area contributed by atoms with Crippen molar-refractivity contribution in [2.24, 2.45) is 0 Å². The minimum atomic E-state index is -0.484. The number of esters is 1. The van der Waals surface area contributed by atoms with Gasteiger partial charge in [0.2, 0.25) is 6.54 Å². The molecular formula is C22H30N3O4+. The standard InChI is InChI=1S/C22H29N3O4/c1-3-28-19-13-8-12-18(22(27)29-4-2)21(19)23-20(26)16-24-14-9-15-25(24)17-10-6-5-7-11-17/h8-9,12-15,17H,3-7,10-11,16H2,1-2H3/p+1. The number of anilines is 1. The number of para-hydroxylation sites is 1. The van der Waals surface area contributed by atoms with Crippen molar-refractivity contribution in [2.45, 2.75) is 58.5 Å². The predicted octanol–water partition coefficient (Wildman–Crippen LogP) is 3.49. The Bertz CT molecular complexity index is 840. The first-order valence-corrected chi connectivity index (χ1v) is 10.4. The van der Waals surface area contributed by atoms with E-state index in [1.54, 1.807) is 25.1 Å². The van der Waals surface area contributed by atoms with Crippen molar-refractivity contribution >= 4 is 17.6 Å². The Morgan fingerprint density at radius 1 is 1.14 bits per heavy atom. The number of carbonyl (C=O) groups is 2. The topological polar surface area (TPSA) is 73.4 Å². The van der Waals surface area contributed by atoms with Crippen LogP contribution in [0.4, 0.5) is 5.69 Å². The summed E-state index contributed by atoms with van der Waals surface area (Å²) in [4.78, 5) is 25.2. The summed E-state index contributed by atoms with van der Waals surface area (Å²) in [5.41, 5.74) is 0.646. The zero-order chi connectivity index (χ0) is 20.6. The van der Waals surface area contributed by atoms with Crippen LogP contribution >= 0.6 is 0 Å². The number of nitrogens with one attached hydrogen (secondary N) is 1. The van der Waals surface area contributed by atoms with E-state index in [2.05, 4.69) is 10.00 Å². The third kappa shape index (κ3) is 5.16. The van der Waals surface area contributed by atoms with Crippen LogP contribution in [-0.2, 0) is 16.1 Å². The molecule has 0 unspecified atom stereocenters. The van der Waals surface area contributed by atoms with Gasteiger partial charge in [-0.2, -0.15) is 4.68 Å². The molecule has 1 aliphatic rings. The van der Waals surface area contributed by atoms with Crippen LogP contribution in [0.15, 0.2) is 36.7 Å². The van der Waals surface area contributed by atoms with Crippen molar-refractivity contribution in [3.05, 3.63) is 42.2 Å². The molecule has 0 saturated heterocycles. The highest BCUT2D eigenvalue weighted by Gasteiger charge is 2.25. The van der Waals surface area contributed by atoms with Crippen LogP contribution in [0.25, 0.3) is 0 Å². The summed E-state index contributed by atoms with van der Waals surface area (Å²) in [7, 11) is 0. The molecule has 1 fully saturated rings. The van der Waals surface area contributed by atoms with E-state index in [4.69, 9.17) is 9.47 Å². The van der Waals surface area contributed by atoms with Crippen molar-refractivity contribution in [3.8, 4) is 5.75 Å². The van der Waals surface area contributed by atoms with Gasteiger partial charge in [0.15, 0.2) is 6.20 Å². The molecule has 7 heteroatoms. The highest BCUT2D eigenvalue weighted by Crippen LogP contribution is 2.30. The summed E-state index contributed by atoms with van der Waals surface area (Å²) in [6.45, 7) is 4.45. The second-order valence-corrected chi connectivity index (χ2v) is 7.14. The third-order valence-electron chi connectivity index (χ3n) is 5.13. The summed E-state index contributed by atoms with van der Waals surface area (Å²) in [6.07, 6.45) is 9.94. The molecule has 156 valence electrons. The van der Waals surface area contributed by atoms with Crippen molar-refractivity contribution in [1.29, 1.82) is 0 Å². The Hall–Kier alpha value is -2.83. The highest BCUT2D eigenvalue weighted by atomic mass is 16.5. The number of amides is 1. The molecular weight excluding hydrogens is 370 g/mol. The van der Waals surface area contributed by atoms with Gasteiger partial charge in [0.05, 0.1) is 36.7 Å². The third-order valence-corrected chi connectivity index (χ3v) is 5.13. The molecule has 0 spiro atoms. The molecule has 1 amide bonds. The molecule has 0 radical (unpaired) electrons. The minimum absolute atomic E-state index is 0.159. The second-order valence-electron chi connectivity index (χ2n) is 7.14. The number of nitrogens with zero attached hydrogens (tertiary/aromatic N) is 2. The summed E-state index contributed by atoms with van der Waals surface area (Å²) in [6, 6.07) is 7.47. The fraction of sp³-hybridized carbons (Fsp3) is 0.500. The maximum absolute atomic E-state index is 12.9. The van der Waals surface area contributed by atoms with Crippen LogP contribution in [0.3, 0.4) is 0 Å². The van der Waals surface area contributed by atoms with Gasteiger partial charge in [-0.25, -0.2) is 4.79 Å². The van der Waals surface area contributed by atoms with E-state index < -0.39 is 5.97 Å². The van der Waals surface area contributed by atoms with Gasteiger partial charge in [-0.05, 0) is 38.8 Å². The zero-order valence-electron chi connectivity index (χ0n) is 17.2. The molecule has 29 heavy (non-hydrogen) atoms. The van der Waals surface area contributed by atoms with E-state index >= 15 is 0 Å². The van der Waals surface area contributed by atoms with Crippen LogP contribution in [0.5, 0.6) is 5.75 Å². The van der Waals surface area contributed by atoms with Gasteiger partial charge in [0, 0.05) is 6.07 Å². The Labute approximate surface area is 171 Å². The van der Waals surface area contributed by atoms with E-state index in [0.717, 1.165) is 12.8 Å². The van der Waals surface area contributed by atoms with Crippen molar-refractivity contribution < 1.29 is 23.7 Å². The van der Waals surface area contributed by atoms with E-state index in [1.165, 1.54) is 19.3 Å². The van der Waals surface area contributed by atoms with Gasteiger partial charge in [0.1, 0.15) is 5.75 Å². The lowest BCUT2D eigenvalue weighted by molar-refractivity contribution is -0.767. The van der Waals surface area contributed by atoms with Crippen LogP contribution < -0.4 is 14.7 Å². The van der Waals surface area contributed by atoms with Gasteiger partial charge in [-0.15, -0.1) is 4.68 Å². The van der Waals surface area contributed by atoms with Gasteiger partial charge in [0.25, 0.3) is 5.91 Å². The normalized spacial score (nSPS) is 14.4. The highest BCUT2D eigenvalue weighted by molar-refractivity contribution is 6.02. The fourth-order valence-corrected chi connectivity index (χ4v) is 3.84. The lowest BCUT2D eigenvalue weighted by Gasteiger charge is -2.21. The summed E-state index contributed by atoms with van der Waals surface area (Å²) in [5, 5.41) is 2.87. The Morgan fingerprint density at radius 3 is 2.66 bits per heavy atom. The van der Waals surface area contributed by atoms with E-state index in [0.29, 0.717) is 29.6 Å². The first-order valence-electron chi connectivity index (χ1n) is 10.4. The second kappa shape index (κ2) is 10.1. The maximum atomic E-state index is 12.9. The minimum Gasteiger partial charge on any atom is -0.492 e. The number of carbonyl (C=O) groups excluding carboxylic acids is 2. The molecule has 7 nitrogen and oxygen atoms in total. The largest absolute Gasteiger partial charge is 0.492 e. The lowest BCUT2D eigenvalue weighted by atomic mass is 9.96. The first-order chi connectivity index (χ1) is 14.1. The molecule has 0 bridgehead atoms. The molecule has 0 aliphatic heterocycles. The molecule has 2 aromatic rings. The molecule has 1 N–H and O–H groups in total. The maximum Gasteiger partial charge on any atom is 0.340 e. The van der Waals surface area contributed by atoms with Crippen molar-refractivity contribution in [2.75, 3.05) is 18.5 Å². The lowest BCUT2D eigenvalue weighted by Crippen LogP contribution is -2.48. The molecule has 1 saturated carbocycles. The van der Waals surface area contributed by atoms with E-state index in [-0.39, 0.29) is 19.1 Å². The summed E-state index contributed by atoms with van der Waals surface area (Å²) in [5.74, 6) is -0.245. The van der Waals surface area contributed by atoms with E-state index in [1.807, 2.05) is 30.1 Å². The first kappa shape index (κ1) is 20.9. The zero-order valence-corrected chi connectivity index (χ0v) is 17.2. The molecule has 1 aromatic carbocycles. The van der Waals surface area contributed by atoms with E-state index in [9.17, 15) is 9.59 Å².